The van der Waals surface area contributed by atoms with E-state index in [1.807, 2.05) is 0 Å². The van der Waals surface area contributed by atoms with Crippen LogP contribution in [-0.4, -0.2) is 20.3 Å². The lowest BCUT2D eigenvalue weighted by Gasteiger charge is -2.08. The number of fused-ring (bicyclic) bond motifs is 1. The smallest absolute Gasteiger partial charge is 0.416 e. The molecule has 0 fully saturated rings. The number of alkyl halides is 3. The molecule has 0 aliphatic carbocycles. The topological polar surface area (TPSA) is 109 Å². The summed E-state index contributed by atoms with van der Waals surface area (Å²) in [7, 11) is -3.50. The van der Waals surface area contributed by atoms with Gasteiger partial charge in [0.25, 0.3) is 0 Å². The van der Waals surface area contributed by atoms with Gasteiger partial charge in [0.15, 0.2) is 0 Å². The SMILES string of the molecule is NS(=O)(=Nc1c[nH]c2ccc(CC(=O)O)cc12)c1ccc(C(F)(F)F)cc1. The molecule has 3 rings (SSSR count). The average molecular weight is 397 g/mol. The third kappa shape index (κ3) is 4.12. The molecule has 1 heterocycles. The highest BCUT2D eigenvalue weighted by molar-refractivity contribution is 7.91. The molecule has 1 unspecified atom stereocenters. The molecule has 0 aliphatic rings. The molecule has 1 atom stereocenters. The second-order valence-electron chi connectivity index (χ2n) is 5.81. The molecule has 0 amide bonds. The maximum Gasteiger partial charge on any atom is 0.416 e. The number of rotatable bonds is 4. The first kappa shape index (κ1) is 18.9. The minimum atomic E-state index is -4.51. The van der Waals surface area contributed by atoms with Crippen LogP contribution in [0, 0.1) is 0 Å². The van der Waals surface area contributed by atoms with Crippen molar-refractivity contribution in [3.05, 3.63) is 59.8 Å². The van der Waals surface area contributed by atoms with E-state index in [2.05, 4.69) is 9.35 Å². The van der Waals surface area contributed by atoms with Gasteiger partial charge in [0.1, 0.15) is 9.92 Å². The molecule has 0 radical (unpaired) electrons. The molecule has 142 valence electrons. The summed E-state index contributed by atoms with van der Waals surface area (Å²) in [6.45, 7) is 0. The maximum atomic E-state index is 12.7. The van der Waals surface area contributed by atoms with Crippen molar-refractivity contribution < 1.29 is 27.3 Å². The van der Waals surface area contributed by atoms with Crippen LogP contribution in [-0.2, 0) is 27.3 Å². The molecular formula is C17H14F3N3O3S. The van der Waals surface area contributed by atoms with E-state index in [9.17, 15) is 22.2 Å². The second kappa shape index (κ2) is 6.71. The summed E-state index contributed by atoms with van der Waals surface area (Å²) in [5, 5.41) is 15.2. The predicted molar refractivity (Wildman–Crippen MR) is 93.8 cm³/mol. The summed E-state index contributed by atoms with van der Waals surface area (Å²) >= 11 is 0. The monoisotopic (exact) mass is 397 g/mol. The van der Waals surface area contributed by atoms with Gasteiger partial charge in [-0.1, -0.05) is 6.07 Å². The zero-order valence-corrected chi connectivity index (χ0v) is 14.5. The van der Waals surface area contributed by atoms with Gasteiger partial charge < -0.3 is 10.1 Å². The van der Waals surface area contributed by atoms with E-state index in [0.717, 1.165) is 24.3 Å². The van der Waals surface area contributed by atoms with Crippen molar-refractivity contribution in [2.45, 2.75) is 17.5 Å². The Hall–Kier alpha value is -2.85. The highest BCUT2D eigenvalue weighted by atomic mass is 32.2. The second-order valence-corrected chi connectivity index (χ2v) is 7.60. The number of H-pyrrole nitrogens is 1. The Kier molecular flexibility index (Phi) is 4.70. The Morgan fingerprint density at radius 2 is 1.85 bits per heavy atom. The van der Waals surface area contributed by atoms with Gasteiger partial charge >= 0.3 is 12.1 Å². The van der Waals surface area contributed by atoms with Gasteiger partial charge in [0.2, 0.25) is 0 Å². The predicted octanol–water partition coefficient (Wildman–Crippen LogP) is 3.85. The van der Waals surface area contributed by atoms with Crippen molar-refractivity contribution >= 4 is 32.5 Å². The van der Waals surface area contributed by atoms with E-state index in [1.54, 1.807) is 18.2 Å². The van der Waals surface area contributed by atoms with Crippen molar-refractivity contribution in [1.29, 1.82) is 0 Å². The summed E-state index contributed by atoms with van der Waals surface area (Å²) in [6, 6.07) is 8.50. The van der Waals surface area contributed by atoms with E-state index in [-0.39, 0.29) is 17.0 Å². The molecule has 4 N–H and O–H groups in total. The fourth-order valence-electron chi connectivity index (χ4n) is 2.55. The van der Waals surface area contributed by atoms with Crippen LogP contribution in [0.3, 0.4) is 0 Å². The fourth-order valence-corrected chi connectivity index (χ4v) is 3.63. The number of aromatic amines is 1. The molecule has 0 saturated heterocycles. The minimum Gasteiger partial charge on any atom is -0.481 e. The van der Waals surface area contributed by atoms with Crippen LogP contribution in [0.4, 0.5) is 18.9 Å². The van der Waals surface area contributed by atoms with Crippen LogP contribution >= 0.6 is 0 Å². The Labute approximate surface area is 152 Å². The summed E-state index contributed by atoms with van der Waals surface area (Å²) in [6.07, 6.45) is -3.26. The third-order valence-electron chi connectivity index (χ3n) is 3.83. The number of aliphatic carboxylic acids is 1. The average Bonchev–Trinajstić information content (AvgIpc) is 2.95. The van der Waals surface area contributed by atoms with Crippen LogP contribution in [0.15, 0.2) is 57.9 Å². The lowest BCUT2D eigenvalue weighted by Crippen LogP contribution is -2.13. The normalized spacial score (nSPS) is 14.1. The van der Waals surface area contributed by atoms with Crippen molar-refractivity contribution in [2.75, 3.05) is 0 Å². The summed E-state index contributed by atoms with van der Waals surface area (Å²) < 4.78 is 54.7. The lowest BCUT2D eigenvalue weighted by atomic mass is 10.1. The Morgan fingerprint density at radius 1 is 1.19 bits per heavy atom. The van der Waals surface area contributed by atoms with Crippen LogP contribution in [0.1, 0.15) is 11.1 Å². The number of aromatic nitrogens is 1. The van der Waals surface area contributed by atoms with E-state index in [1.165, 1.54) is 6.20 Å². The van der Waals surface area contributed by atoms with E-state index < -0.39 is 27.6 Å². The number of benzene rings is 2. The first-order chi connectivity index (χ1) is 12.6. The van der Waals surface area contributed by atoms with E-state index in [0.29, 0.717) is 16.5 Å². The van der Waals surface area contributed by atoms with E-state index in [4.69, 9.17) is 10.2 Å². The standard InChI is InChI=1S/C17H14F3N3O3S/c18-17(19,20)11-2-4-12(5-3-11)27(21,26)23-15-9-22-14-6-1-10(7-13(14)15)8-16(24)25/h1-7,9,22H,8H2,(H,24,25)(H2,21,23,26). The van der Waals surface area contributed by atoms with Gasteiger partial charge in [0.05, 0.1) is 22.6 Å². The molecule has 27 heavy (non-hydrogen) atoms. The van der Waals surface area contributed by atoms with Crippen LogP contribution in [0.25, 0.3) is 10.9 Å². The van der Waals surface area contributed by atoms with Gasteiger partial charge in [-0.2, -0.15) is 17.5 Å². The number of halogens is 3. The summed E-state index contributed by atoms with van der Waals surface area (Å²) in [5.41, 5.74) is 0.492. The highest BCUT2D eigenvalue weighted by Gasteiger charge is 2.30. The summed E-state index contributed by atoms with van der Waals surface area (Å²) in [5.74, 6) is -1.00. The first-order valence-electron chi connectivity index (χ1n) is 7.60. The van der Waals surface area contributed by atoms with Crippen molar-refractivity contribution in [3.63, 3.8) is 0 Å². The Morgan fingerprint density at radius 3 is 2.44 bits per heavy atom. The molecule has 10 heteroatoms. The van der Waals surface area contributed by atoms with Gasteiger partial charge in [-0.05, 0) is 42.0 Å². The molecule has 3 aromatic rings. The Balaban J connectivity index is 2.04. The van der Waals surface area contributed by atoms with Gasteiger partial charge in [-0.3, -0.25) is 4.79 Å². The molecule has 0 bridgehead atoms. The largest absolute Gasteiger partial charge is 0.481 e. The van der Waals surface area contributed by atoms with E-state index >= 15 is 0 Å². The van der Waals surface area contributed by atoms with Crippen LogP contribution in [0.5, 0.6) is 0 Å². The third-order valence-corrected chi connectivity index (χ3v) is 5.25. The number of hydrogen-bond donors (Lipinski definition) is 3. The number of nitrogens with one attached hydrogen (secondary N) is 1. The first-order valence-corrected chi connectivity index (χ1v) is 9.18. The lowest BCUT2D eigenvalue weighted by molar-refractivity contribution is -0.138. The van der Waals surface area contributed by atoms with Gasteiger partial charge in [-0.15, -0.1) is 0 Å². The molecule has 6 nitrogen and oxygen atoms in total. The van der Waals surface area contributed by atoms with Gasteiger partial charge in [-0.25, -0.2) is 9.35 Å². The zero-order chi connectivity index (χ0) is 19.8. The molecule has 0 saturated carbocycles. The molecular weight excluding hydrogens is 383 g/mol. The molecule has 0 aliphatic heterocycles. The highest BCUT2D eigenvalue weighted by Crippen LogP contribution is 2.31. The molecule has 1 aromatic heterocycles. The zero-order valence-electron chi connectivity index (χ0n) is 13.7. The number of nitrogens with two attached hydrogens (primary N) is 1. The van der Waals surface area contributed by atoms with Crippen LogP contribution < -0.4 is 5.14 Å². The number of carboxylic acid groups (broad SMARTS) is 1. The van der Waals surface area contributed by atoms with Crippen LogP contribution in [0.2, 0.25) is 0 Å². The van der Waals surface area contributed by atoms with Crippen molar-refractivity contribution in [3.8, 4) is 0 Å². The fraction of sp³-hybridized carbons (Fsp3) is 0.118. The maximum absolute atomic E-state index is 12.7. The number of hydrogen-bond acceptors (Lipinski definition) is 3. The molecule has 2 aromatic carbocycles. The quantitative estimate of drug-likeness (QED) is 0.622. The molecule has 0 spiro atoms. The summed E-state index contributed by atoms with van der Waals surface area (Å²) in [4.78, 5) is 13.7. The number of carbonyl (C=O) groups is 1. The number of nitrogens with zero attached hydrogens (tertiary/aromatic N) is 1. The van der Waals surface area contributed by atoms with Crippen molar-refractivity contribution in [1.82, 2.24) is 4.98 Å². The van der Waals surface area contributed by atoms with Gasteiger partial charge in [0, 0.05) is 17.1 Å². The minimum absolute atomic E-state index is 0.0495. The number of carboxylic acids is 1. The Bertz CT molecular complexity index is 1130. The van der Waals surface area contributed by atoms with Crippen molar-refractivity contribution in [2.24, 2.45) is 9.50 Å².